The number of benzene rings is 4. The molecular weight excluding hydrogens is 848 g/mol. The number of amides is 1. The van der Waals surface area contributed by atoms with Gasteiger partial charge < -0.3 is 43.5 Å². The van der Waals surface area contributed by atoms with Gasteiger partial charge >= 0.3 is 6.09 Å². The monoisotopic (exact) mass is 908 g/mol. The van der Waals surface area contributed by atoms with Crippen LogP contribution in [-0.2, 0) is 20.9 Å². The molecule has 4 aliphatic rings. The van der Waals surface area contributed by atoms with E-state index in [4.69, 9.17) is 50.0 Å². The molecule has 4 aromatic rings. The predicted octanol–water partition coefficient (Wildman–Crippen LogP) is 10.7. The molecule has 0 aromatic heterocycles. The lowest BCUT2D eigenvalue weighted by atomic mass is 9.55. The Bertz CT molecular complexity index is 2380. The zero-order valence-corrected chi connectivity index (χ0v) is 38.3. The highest BCUT2D eigenvalue weighted by atomic mass is 35.5. The van der Waals surface area contributed by atoms with Crippen LogP contribution in [0.15, 0.2) is 108 Å². The third-order valence-electron chi connectivity index (χ3n) is 12.7. The Morgan fingerprint density at radius 3 is 2.43 bits per heavy atom. The third-order valence-corrected chi connectivity index (χ3v) is 12.9. The van der Waals surface area contributed by atoms with Crippen LogP contribution in [0.1, 0.15) is 82.8 Å². The summed E-state index contributed by atoms with van der Waals surface area (Å²) >= 11 is 6.14. The standard InChI is InChI=1S/C52H61ClN2O10/c1-5-25-62-52-47(55(50(58)59-26-22-53)32-34-16-20-45-46(27-34)61-33-60-45)31-43(54-65-51(2,3)4)41-29-37(14-8-10-23-56)40(15-9-11-24-57)48(49(41)52)42-30-39(19-21-44(42)64-52)63-38-18-17-35-12-6-7-13-36(35)28-38/h5-7,12-13,16-21,27-30,37,40,47-49,56-57H,1,8-11,14-15,22-26,31-33H2,2-4H3. The molecule has 346 valence electrons. The number of halogens is 1. The van der Waals surface area contributed by atoms with Crippen LogP contribution in [0.5, 0.6) is 28.7 Å². The number of aliphatic hydroxyl groups excluding tert-OH is 2. The number of nitrogens with zero attached hydrogens (tertiary/aromatic N) is 2. The van der Waals surface area contributed by atoms with E-state index in [0.29, 0.717) is 47.3 Å². The van der Waals surface area contributed by atoms with E-state index < -0.39 is 29.4 Å². The Morgan fingerprint density at radius 1 is 0.923 bits per heavy atom. The summed E-state index contributed by atoms with van der Waals surface area (Å²) < 4.78 is 38.5. The van der Waals surface area contributed by atoms with Crippen molar-refractivity contribution in [2.24, 2.45) is 22.9 Å². The number of oxime groups is 1. The average Bonchev–Trinajstić information content (AvgIpc) is 3.78. The Labute approximate surface area is 386 Å². The number of carbonyl (C=O) groups is 1. The van der Waals surface area contributed by atoms with Crippen LogP contribution in [0.2, 0.25) is 0 Å². The Hall–Kier alpha value is -5.27. The summed E-state index contributed by atoms with van der Waals surface area (Å²) in [4.78, 5) is 22.7. The van der Waals surface area contributed by atoms with Crippen molar-refractivity contribution in [3.05, 3.63) is 114 Å². The molecule has 6 unspecified atom stereocenters. The van der Waals surface area contributed by atoms with Crippen molar-refractivity contribution in [2.75, 3.05) is 39.1 Å². The van der Waals surface area contributed by atoms with E-state index >= 15 is 0 Å². The molecule has 2 aliphatic heterocycles. The summed E-state index contributed by atoms with van der Waals surface area (Å²) in [7, 11) is 0. The van der Waals surface area contributed by atoms with Crippen molar-refractivity contribution >= 4 is 34.2 Å². The molecule has 8 rings (SSSR count). The van der Waals surface area contributed by atoms with Crippen molar-refractivity contribution in [3.63, 3.8) is 0 Å². The quantitative estimate of drug-likeness (QED) is 0.0405. The number of alkyl halides is 1. The van der Waals surface area contributed by atoms with Crippen LogP contribution < -0.4 is 18.9 Å². The molecule has 2 N–H and O–H groups in total. The summed E-state index contributed by atoms with van der Waals surface area (Å²) in [6, 6.07) is 25.0. The highest BCUT2D eigenvalue weighted by Crippen LogP contribution is 2.62. The van der Waals surface area contributed by atoms with E-state index in [0.717, 1.165) is 53.2 Å². The van der Waals surface area contributed by atoms with Crippen molar-refractivity contribution in [2.45, 2.75) is 95.6 Å². The Kier molecular flexibility index (Phi) is 14.6. The van der Waals surface area contributed by atoms with Gasteiger partial charge in [-0.1, -0.05) is 66.5 Å². The lowest BCUT2D eigenvalue weighted by Crippen LogP contribution is -2.70. The minimum absolute atomic E-state index is 0.0112. The SMILES string of the molecule is C=CCOC12Oc3ccc(Oc4ccc5ccccc5c4)cc3C3C(CCCCO)C(CCCCO)C=C(C(=NOC(C)(C)C)CC1N(Cc1ccc4c(c1)OCO4)C(=O)OCCCl)C32. The topological polar surface area (TPSA) is 138 Å². The van der Waals surface area contributed by atoms with Gasteiger partial charge in [0.2, 0.25) is 12.6 Å². The summed E-state index contributed by atoms with van der Waals surface area (Å²) in [5, 5.41) is 27.2. The molecule has 4 aromatic carbocycles. The zero-order valence-electron chi connectivity index (χ0n) is 37.6. The van der Waals surface area contributed by atoms with Gasteiger partial charge in [0.1, 0.15) is 35.5 Å². The normalized spacial score (nSPS) is 23.5. The second-order valence-corrected chi connectivity index (χ2v) is 18.6. The number of carbonyl (C=O) groups excluding carboxylic acids is 1. The molecule has 12 nitrogen and oxygen atoms in total. The van der Waals surface area contributed by atoms with Gasteiger partial charge in [-0.15, -0.1) is 18.2 Å². The third kappa shape index (κ3) is 10.1. The molecule has 65 heavy (non-hydrogen) atoms. The van der Waals surface area contributed by atoms with Crippen LogP contribution in [-0.4, -0.2) is 83.4 Å². The number of ether oxygens (including phenoxy) is 6. The highest BCUT2D eigenvalue weighted by Gasteiger charge is 2.66. The fourth-order valence-electron chi connectivity index (χ4n) is 10.0. The first-order valence-corrected chi connectivity index (χ1v) is 23.4. The number of hydrogen-bond acceptors (Lipinski definition) is 11. The van der Waals surface area contributed by atoms with Gasteiger partial charge in [-0.25, -0.2) is 4.79 Å². The number of aliphatic hydroxyl groups is 2. The van der Waals surface area contributed by atoms with E-state index in [1.807, 2.05) is 75.4 Å². The maximum absolute atomic E-state index is 14.7. The van der Waals surface area contributed by atoms with Gasteiger partial charge in [0, 0.05) is 37.7 Å². The van der Waals surface area contributed by atoms with Gasteiger partial charge in [0.25, 0.3) is 0 Å². The Morgan fingerprint density at radius 2 is 1.66 bits per heavy atom. The van der Waals surface area contributed by atoms with Crippen molar-refractivity contribution in [3.8, 4) is 28.7 Å². The van der Waals surface area contributed by atoms with E-state index in [1.165, 1.54) is 0 Å². The van der Waals surface area contributed by atoms with Crippen molar-refractivity contribution in [1.82, 2.24) is 4.90 Å². The van der Waals surface area contributed by atoms with Gasteiger partial charge in [-0.2, -0.15) is 0 Å². The van der Waals surface area contributed by atoms with E-state index in [-0.39, 0.29) is 69.8 Å². The molecule has 2 heterocycles. The minimum atomic E-state index is -1.50. The molecule has 0 spiro atoms. The smallest absolute Gasteiger partial charge is 0.410 e. The van der Waals surface area contributed by atoms with Crippen LogP contribution in [0.25, 0.3) is 10.8 Å². The first-order valence-electron chi connectivity index (χ1n) is 22.9. The lowest BCUT2D eigenvalue weighted by Gasteiger charge is -2.60. The van der Waals surface area contributed by atoms with Crippen LogP contribution in [0, 0.1) is 17.8 Å². The number of hydrogen-bond donors (Lipinski definition) is 2. The molecule has 1 amide bonds. The molecule has 1 fully saturated rings. The number of unbranched alkanes of at least 4 members (excludes halogenated alkanes) is 2. The number of allylic oxidation sites excluding steroid dienone is 1. The van der Waals surface area contributed by atoms with Crippen LogP contribution in [0.3, 0.4) is 0 Å². The molecule has 1 saturated carbocycles. The van der Waals surface area contributed by atoms with Crippen LogP contribution in [0.4, 0.5) is 4.79 Å². The molecule has 0 saturated heterocycles. The van der Waals surface area contributed by atoms with Gasteiger partial charge in [0.15, 0.2) is 11.5 Å². The fourth-order valence-corrected chi connectivity index (χ4v) is 10.1. The van der Waals surface area contributed by atoms with Crippen LogP contribution >= 0.6 is 11.6 Å². The second kappa shape index (κ2) is 20.5. The summed E-state index contributed by atoms with van der Waals surface area (Å²) in [5.74, 6) is 1.07. The van der Waals surface area contributed by atoms with Gasteiger partial charge in [-0.3, -0.25) is 4.90 Å². The highest BCUT2D eigenvalue weighted by molar-refractivity contribution is 6.18. The molecule has 2 aliphatic carbocycles. The zero-order chi connectivity index (χ0) is 45.6. The maximum Gasteiger partial charge on any atom is 0.410 e. The lowest BCUT2D eigenvalue weighted by molar-refractivity contribution is -0.256. The molecule has 0 radical (unpaired) electrons. The molecule has 13 heteroatoms. The second-order valence-electron chi connectivity index (χ2n) is 18.2. The van der Waals surface area contributed by atoms with Crippen molar-refractivity contribution < 1.29 is 48.3 Å². The van der Waals surface area contributed by atoms with Crippen molar-refractivity contribution in [1.29, 1.82) is 0 Å². The van der Waals surface area contributed by atoms with E-state index in [2.05, 4.69) is 36.9 Å². The first-order chi connectivity index (χ1) is 31.5. The Balaban J connectivity index is 1.33. The minimum Gasteiger partial charge on any atom is -0.459 e. The van der Waals surface area contributed by atoms with E-state index in [9.17, 15) is 15.0 Å². The summed E-state index contributed by atoms with van der Waals surface area (Å²) in [6.07, 6.45) is 8.14. The predicted molar refractivity (Wildman–Crippen MR) is 250 cm³/mol. The molecular formula is C52H61ClN2O10. The summed E-state index contributed by atoms with van der Waals surface area (Å²) in [5.41, 5.74) is 2.70. The molecule has 0 bridgehead atoms. The number of rotatable bonds is 19. The van der Waals surface area contributed by atoms with Gasteiger partial charge in [-0.05, 0) is 123 Å². The van der Waals surface area contributed by atoms with E-state index in [1.54, 1.807) is 11.0 Å². The summed E-state index contributed by atoms with van der Waals surface area (Å²) in [6.45, 7) is 10.4. The average molecular weight is 910 g/mol. The molecule has 6 atom stereocenters. The number of fused-ring (bicyclic) bond motifs is 4. The largest absolute Gasteiger partial charge is 0.459 e. The van der Waals surface area contributed by atoms with Gasteiger partial charge in [0.05, 0.1) is 24.1 Å². The fraction of sp³-hybridized carbons (Fsp3) is 0.462. The first kappa shape index (κ1) is 46.3. The maximum atomic E-state index is 14.7.